The van der Waals surface area contributed by atoms with Crippen molar-refractivity contribution in [3.63, 3.8) is 0 Å². The number of ether oxygens (including phenoxy) is 1. The molecule has 0 aromatic heterocycles. The topological polar surface area (TPSA) is 78.9 Å². The molecule has 1 unspecified atom stereocenters. The van der Waals surface area contributed by atoms with E-state index in [9.17, 15) is 14.1 Å². The van der Waals surface area contributed by atoms with E-state index in [1.54, 1.807) is 6.07 Å². The van der Waals surface area contributed by atoms with Crippen molar-refractivity contribution in [3.8, 4) is 5.75 Å². The molecule has 2 aromatic rings. The van der Waals surface area contributed by atoms with Gasteiger partial charge >= 0.3 is 0 Å². The number of nitrogens with zero attached hydrogens (tertiary/aromatic N) is 1. The quantitative estimate of drug-likeness (QED) is 0.327. The molecular formula is C33H41ClN2O4S. The van der Waals surface area contributed by atoms with Crippen LogP contribution in [-0.2, 0) is 21.5 Å². The van der Waals surface area contributed by atoms with Crippen LogP contribution in [0, 0.1) is 11.8 Å². The van der Waals surface area contributed by atoms with E-state index in [-0.39, 0.29) is 22.5 Å². The molecule has 0 saturated heterocycles. The number of anilines is 1. The van der Waals surface area contributed by atoms with Crippen LogP contribution in [0.2, 0.25) is 5.02 Å². The Labute approximate surface area is 249 Å². The lowest BCUT2D eigenvalue weighted by Crippen LogP contribution is -2.49. The minimum atomic E-state index is -2.87. The van der Waals surface area contributed by atoms with Crippen molar-refractivity contribution in [1.29, 1.82) is 0 Å². The number of aryl methyl sites for hydroxylation is 1. The van der Waals surface area contributed by atoms with Gasteiger partial charge in [-0.3, -0.25) is 9.52 Å². The maximum Gasteiger partial charge on any atom is 0.262 e. The van der Waals surface area contributed by atoms with E-state index in [0.717, 1.165) is 61.7 Å². The van der Waals surface area contributed by atoms with Crippen LogP contribution in [0.3, 0.4) is 0 Å². The summed E-state index contributed by atoms with van der Waals surface area (Å²) in [5.41, 5.74) is 3.69. The monoisotopic (exact) mass is 596 g/mol. The second kappa shape index (κ2) is 11.3. The van der Waals surface area contributed by atoms with Crippen molar-refractivity contribution in [2.24, 2.45) is 11.8 Å². The van der Waals surface area contributed by atoms with E-state index in [1.807, 2.05) is 37.3 Å². The normalized spacial score (nSPS) is 34.3. The van der Waals surface area contributed by atoms with Crippen LogP contribution in [0.15, 0.2) is 48.6 Å². The highest BCUT2D eigenvalue weighted by molar-refractivity contribution is 7.99. The zero-order valence-electron chi connectivity index (χ0n) is 23.8. The minimum absolute atomic E-state index is 0.186. The second-order valence-corrected chi connectivity index (χ2v) is 15.2. The van der Waals surface area contributed by atoms with Gasteiger partial charge in [0.05, 0.1) is 28.1 Å². The fraction of sp³-hybridized carbons (Fsp3) is 0.515. The largest absolute Gasteiger partial charge is 0.490 e. The molecule has 2 aromatic carbocycles. The van der Waals surface area contributed by atoms with Crippen molar-refractivity contribution in [3.05, 3.63) is 70.3 Å². The first kappa shape index (κ1) is 28.6. The maximum atomic E-state index is 13.6. The lowest BCUT2D eigenvalue weighted by Gasteiger charge is -2.45. The first-order chi connectivity index (χ1) is 19.7. The summed E-state index contributed by atoms with van der Waals surface area (Å²) in [6.45, 7) is 4.04. The van der Waals surface area contributed by atoms with Gasteiger partial charge in [0.25, 0.3) is 5.91 Å². The molecule has 6 rings (SSSR count). The Morgan fingerprint density at radius 2 is 2.07 bits per heavy atom. The zero-order valence-corrected chi connectivity index (χ0v) is 25.4. The van der Waals surface area contributed by atoms with Gasteiger partial charge < -0.3 is 14.7 Å². The molecule has 41 heavy (non-hydrogen) atoms. The van der Waals surface area contributed by atoms with Crippen LogP contribution in [-0.4, -0.2) is 52.1 Å². The molecule has 8 heteroatoms. The SMILES string of the molecule is C=S1(=O)NC(=O)c2ccc3c(c2)N(C[C@@H]2CC[C@H]2[C@@H](O)/C=C/CC[C@H]1CC)C[C@@]1(CCCc2cc(Cl)ccc21)CO3. The third-order valence-electron chi connectivity index (χ3n) is 9.92. The third-order valence-corrected chi connectivity index (χ3v) is 12.3. The van der Waals surface area contributed by atoms with Gasteiger partial charge in [-0.1, -0.05) is 36.7 Å². The van der Waals surface area contributed by atoms with E-state index in [4.69, 9.17) is 16.3 Å². The fourth-order valence-corrected chi connectivity index (χ4v) is 9.28. The van der Waals surface area contributed by atoms with Crippen molar-refractivity contribution < 1.29 is 18.8 Å². The van der Waals surface area contributed by atoms with Gasteiger partial charge in [0, 0.05) is 34.3 Å². The highest BCUT2D eigenvalue weighted by atomic mass is 35.5. The minimum Gasteiger partial charge on any atom is -0.490 e. The van der Waals surface area contributed by atoms with E-state index < -0.39 is 15.8 Å². The van der Waals surface area contributed by atoms with E-state index in [2.05, 4.69) is 27.6 Å². The van der Waals surface area contributed by atoms with Gasteiger partial charge in [-0.05, 0) is 111 Å². The average Bonchev–Trinajstić information content (AvgIpc) is 3.07. The Morgan fingerprint density at radius 3 is 2.85 bits per heavy atom. The molecule has 2 N–H and O–H groups in total. The summed E-state index contributed by atoms with van der Waals surface area (Å²) >= 11 is 6.40. The Hall–Kier alpha value is -2.48. The molecule has 2 aliphatic heterocycles. The van der Waals surface area contributed by atoms with E-state index in [0.29, 0.717) is 37.4 Å². The number of nitrogens with one attached hydrogen (secondary N) is 1. The van der Waals surface area contributed by atoms with E-state index in [1.165, 1.54) is 11.1 Å². The van der Waals surface area contributed by atoms with Gasteiger partial charge in [0.1, 0.15) is 5.75 Å². The molecule has 6 atom stereocenters. The van der Waals surface area contributed by atoms with Gasteiger partial charge in [-0.2, -0.15) is 0 Å². The highest BCUT2D eigenvalue weighted by Crippen LogP contribution is 2.46. The number of halogens is 1. The van der Waals surface area contributed by atoms with Crippen molar-refractivity contribution >= 4 is 38.8 Å². The van der Waals surface area contributed by atoms with Crippen molar-refractivity contribution in [1.82, 2.24) is 4.72 Å². The first-order valence-electron chi connectivity index (χ1n) is 15.0. The highest BCUT2D eigenvalue weighted by Gasteiger charge is 2.44. The lowest BCUT2D eigenvalue weighted by atomic mass is 9.68. The van der Waals surface area contributed by atoms with Crippen LogP contribution in [0.25, 0.3) is 0 Å². The number of aliphatic hydroxyl groups excluding tert-OH is 1. The molecule has 2 bridgehead atoms. The number of hydrogen-bond acceptors (Lipinski definition) is 5. The number of aliphatic hydroxyl groups is 1. The lowest BCUT2D eigenvalue weighted by molar-refractivity contribution is 0.0456. The molecular weight excluding hydrogens is 556 g/mol. The number of carbonyl (C=O) groups excluding carboxylic acids is 1. The standard InChI is InChI=1S/C33H41ClN2O4S/c1-3-26-8-4-5-9-30(37)27-13-10-24(27)19-36-20-33(16-6-7-22-17-25(34)12-14-28(22)33)21-40-31-15-11-23(18-29(31)36)32(38)35-41(26,2)39/h5,9,11-12,14-15,17-18,24,26-27,30,37H,2-4,6-8,10,13,16,19-21H2,1H3,(H,35,38,39)/b9-5+/t24-,26+,27+,30-,33-,41?/m0/s1. The molecule has 220 valence electrons. The number of benzene rings is 2. The molecule has 6 nitrogen and oxygen atoms in total. The van der Waals surface area contributed by atoms with Crippen LogP contribution in [0.4, 0.5) is 5.69 Å². The number of fused-ring (bicyclic) bond motifs is 4. The Bertz CT molecular complexity index is 1460. The third kappa shape index (κ3) is 5.53. The molecule has 2 aliphatic carbocycles. The number of allylic oxidation sites excluding steroid dienone is 1. The summed E-state index contributed by atoms with van der Waals surface area (Å²) in [6, 6.07) is 11.8. The first-order valence-corrected chi connectivity index (χ1v) is 17.2. The van der Waals surface area contributed by atoms with Crippen molar-refractivity contribution in [2.45, 2.75) is 75.1 Å². The van der Waals surface area contributed by atoms with Gasteiger partial charge in [0.15, 0.2) is 0 Å². The van der Waals surface area contributed by atoms with Gasteiger partial charge in [-0.15, -0.1) is 0 Å². The average molecular weight is 597 g/mol. The molecule has 2 heterocycles. The summed E-state index contributed by atoms with van der Waals surface area (Å²) in [5, 5.41) is 11.6. The molecule has 1 saturated carbocycles. The summed E-state index contributed by atoms with van der Waals surface area (Å²) in [7, 11) is -2.87. The number of rotatable bonds is 1. The Kier molecular flexibility index (Phi) is 7.90. The molecule has 1 amide bonds. The van der Waals surface area contributed by atoms with Gasteiger partial charge in [0.2, 0.25) is 0 Å². The zero-order chi connectivity index (χ0) is 28.8. The number of amides is 1. The molecule has 0 radical (unpaired) electrons. The summed E-state index contributed by atoms with van der Waals surface area (Å²) in [4.78, 5) is 15.9. The summed E-state index contributed by atoms with van der Waals surface area (Å²) in [6.07, 6.45) is 10.5. The fourth-order valence-electron chi connectivity index (χ4n) is 7.43. The summed E-state index contributed by atoms with van der Waals surface area (Å²) in [5.74, 6) is 4.85. The van der Waals surface area contributed by atoms with Crippen LogP contribution >= 0.6 is 11.6 Å². The second-order valence-electron chi connectivity index (χ2n) is 12.5. The number of carbonyl (C=O) groups is 1. The van der Waals surface area contributed by atoms with Crippen LogP contribution in [0.1, 0.15) is 73.4 Å². The molecule has 4 aliphatic rings. The number of hydrogen-bond donors (Lipinski definition) is 2. The molecule has 1 spiro atoms. The summed E-state index contributed by atoms with van der Waals surface area (Å²) < 4.78 is 22.9. The smallest absolute Gasteiger partial charge is 0.262 e. The Morgan fingerprint density at radius 1 is 1.22 bits per heavy atom. The van der Waals surface area contributed by atoms with E-state index >= 15 is 0 Å². The van der Waals surface area contributed by atoms with Crippen LogP contribution < -0.4 is 14.4 Å². The van der Waals surface area contributed by atoms with Crippen LogP contribution in [0.5, 0.6) is 5.75 Å². The predicted octanol–water partition coefficient (Wildman–Crippen LogP) is 5.69. The van der Waals surface area contributed by atoms with Crippen molar-refractivity contribution in [2.75, 3.05) is 24.6 Å². The van der Waals surface area contributed by atoms with Gasteiger partial charge in [-0.25, -0.2) is 4.21 Å². The predicted molar refractivity (Wildman–Crippen MR) is 168 cm³/mol. The maximum absolute atomic E-state index is 13.6. The molecule has 1 fully saturated rings. The Balaban J connectivity index is 1.42.